The molecule has 1 aromatic heterocycles. The van der Waals surface area contributed by atoms with Crippen molar-refractivity contribution in [3.05, 3.63) is 81.5 Å². The van der Waals surface area contributed by atoms with Crippen LogP contribution in [0.15, 0.2) is 48.5 Å². The number of hydrogen-bond donors (Lipinski definition) is 2. The molecular weight excluding hydrogens is 465 g/mol. The Labute approximate surface area is 207 Å². The Morgan fingerprint density at radius 3 is 2.74 bits per heavy atom. The number of para-hydroxylation sites is 1. The third-order valence-electron chi connectivity index (χ3n) is 6.00. The summed E-state index contributed by atoms with van der Waals surface area (Å²) >= 11 is 1.43. The van der Waals surface area contributed by atoms with Crippen LogP contribution in [0.2, 0.25) is 0 Å². The molecule has 180 valence electrons. The van der Waals surface area contributed by atoms with E-state index in [1.165, 1.54) is 23.5 Å². The number of anilines is 2. The van der Waals surface area contributed by atoms with Gasteiger partial charge in [-0.3, -0.25) is 4.79 Å². The zero-order chi connectivity index (χ0) is 24.8. The first kappa shape index (κ1) is 24.4. The van der Waals surface area contributed by atoms with Crippen molar-refractivity contribution in [1.82, 2.24) is 0 Å². The minimum atomic E-state index is -0.621. The number of amides is 1. The maximum Gasteiger partial charge on any atom is 0.340 e. The molecule has 0 radical (unpaired) electrons. The van der Waals surface area contributed by atoms with Gasteiger partial charge in [-0.2, -0.15) is 5.26 Å². The number of carbonyl (C=O) groups is 2. The van der Waals surface area contributed by atoms with E-state index >= 15 is 0 Å². The van der Waals surface area contributed by atoms with E-state index in [1.807, 2.05) is 0 Å². The van der Waals surface area contributed by atoms with Crippen molar-refractivity contribution in [2.45, 2.75) is 32.6 Å². The highest BCUT2D eigenvalue weighted by molar-refractivity contribution is 7.16. The molecule has 0 aliphatic heterocycles. The molecular formula is C27H26FN3O3S. The van der Waals surface area contributed by atoms with Gasteiger partial charge in [0.05, 0.1) is 11.1 Å². The van der Waals surface area contributed by atoms with Crippen molar-refractivity contribution in [3.63, 3.8) is 0 Å². The second-order valence-electron chi connectivity index (χ2n) is 8.64. The van der Waals surface area contributed by atoms with E-state index in [0.29, 0.717) is 40.7 Å². The number of nitriles is 1. The molecule has 0 saturated heterocycles. The highest BCUT2D eigenvalue weighted by Gasteiger charge is 2.25. The predicted molar refractivity (Wildman–Crippen MR) is 134 cm³/mol. The number of ether oxygens (including phenoxy) is 1. The lowest BCUT2D eigenvalue weighted by Crippen LogP contribution is -2.21. The first-order valence-electron chi connectivity index (χ1n) is 11.5. The lowest BCUT2D eigenvalue weighted by molar-refractivity contribution is -0.119. The fraction of sp³-hybridized carbons (Fsp3) is 0.296. The van der Waals surface area contributed by atoms with E-state index in [-0.39, 0.29) is 5.82 Å². The van der Waals surface area contributed by atoms with Gasteiger partial charge in [0, 0.05) is 17.1 Å². The summed E-state index contributed by atoms with van der Waals surface area (Å²) < 4.78 is 18.3. The Morgan fingerprint density at radius 2 is 1.97 bits per heavy atom. The number of halogens is 1. The average Bonchev–Trinajstić information content (AvgIpc) is 3.19. The summed E-state index contributed by atoms with van der Waals surface area (Å²) in [5.74, 6) is -0.828. The Hall–Kier alpha value is -3.70. The molecule has 0 bridgehead atoms. The molecule has 0 spiro atoms. The third-order valence-corrected chi connectivity index (χ3v) is 7.17. The molecule has 2 aromatic carbocycles. The zero-order valence-electron chi connectivity index (χ0n) is 19.4. The smallest absolute Gasteiger partial charge is 0.340 e. The highest BCUT2D eigenvalue weighted by Crippen LogP contribution is 2.39. The average molecular weight is 492 g/mol. The van der Waals surface area contributed by atoms with Crippen LogP contribution in [0.3, 0.4) is 0 Å². The molecule has 6 nitrogen and oxygen atoms in total. The van der Waals surface area contributed by atoms with Crippen LogP contribution in [0.4, 0.5) is 15.1 Å². The van der Waals surface area contributed by atoms with Crippen LogP contribution in [-0.2, 0) is 28.8 Å². The van der Waals surface area contributed by atoms with Crippen molar-refractivity contribution in [1.29, 1.82) is 5.26 Å². The van der Waals surface area contributed by atoms with Crippen molar-refractivity contribution in [3.8, 4) is 6.07 Å². The van der Waals surface area contributed by atoms with Crippen molar-refractivity contribution in [2.24, 2.45) is 5.92 Å². The lowest BCUT2D eigenvalue weighted by atomic mass is 9.89. The van der Waals surface area contributed by atoms with Gasteiger partial charge in [-0.05, 0) is 67.0 Å². The third kappa shape index (κ3) is 6.06. The van der Waals surface area contributed by atoms with Crippen LogP contribution >= 0.6 is 11.3 Å². The molecule has 4 rings (SSSR count). The van der Waals surface area contributed by atoms with E-state index in [0.717, 1.165) is 35.3 Å². The predicted octanol–water partition coefficient (Wildman–Crippen LogP) is 5.33. The van der Waals surface area contributed by atoms with Gasteiger partial charge in [0.1, 0.15) is 16.9 Å². The molecule has 3 aromatic rings. The summed E-state index contributed by atoms with van der Waals surface area (Å²) in [5.41, 5.74) is 3.43. The SMILES string of the molecule is C[C@@H]1CCc2c(sc(NC(=O)COC(=O)c3ccccc3NCCc3ccc(F)cc3)c2C#N)C1. The van der Waals surface area contributed by atoms with Crippen LogP contribution in [0.5, 0.6) is 0 Å². The van der Waals surface area contributed by atoms with Crippen LogP contribution < -0.4 is 10.6 Å². The normalized spacial score (nSPS) is 14.5. The van der Waals surface area contributed by atoms with Gasteiger partial charge < -0.3 is 15.4 Å². The Bertz CT molecular complexity index is 1260. The van der Waals surface area contributed by atoms with Gasteiger partial charge >= 0.3 is 5.97 Å². The van der Waals surface area contributed by atoms with Crippen molar-refractivity contribution in [2.75, 3.05) is 23.8 Å². The van der Waals surface area contributed by atoms with E-state index in [2.05, 4.69) is 23.6 Å². The number of benzene rings is 2. The van der Waals surface area contributed by atoms with E-state index < -0.39 is 18.5 Å². The number of carbonyl (C=O) groups excluding carboxylic acids is 2. The topological polar surface area (TPSA) is 91.2 Å². The van der Waals surface area contributed by atoms with E-state index in [4.69, 9.17) is 4.74 Å². The summed E-state index contributed by atoms with van der Waals surface area (Å²) in [7, 11) is 0. The molecule has 8 heteroatoms. The van der Waals surface area contributed by atoms with Crippen LogP contribution in [0.25, 0.3) is 0 Å². The fourth-order valence-corrected chi connectivity index (χ4v) is 5.51. The zero-order valence-corrected chi connectivity index (χ0v) is 20.2. The standard InChI is InChI=1S/C27H26FN3O3S/c1-17-6-11-20-22(15-29)26(35-24(20)14-17)31-25(32)16-34-27(33)21-4-2-3-5-23(21)30-13-12-18-7-9-19(28)10-8-18/h2-5,7-10,17,30H,6,11-14,16H2,1H3,(H,31,32)/t17-/m1/s1. The van der Waals surface area contributed by atoms with Gasteiger partial charge in [0.2, 0.25) is 0 Å². The van der Waals surface area contributed by atoms with Crippen LogP contribution in [0.1, 0.15) is 45.3 Å². The number of nitrogens with one attached hydrogen (secondary N) is 2. The molecule has 0 saturated carbocycles. The molecule has 1 aliphatic rings. The second-order valence-corrected chi connectivity index (χ2v) is 9.75. The lowest BCUT2D eigenvalue weighted by Gasteiger charge is -2.17. The molecule has 35 heavy (non-hydrogen) atoms. The summed E-state index contributed by atoms with van der Waals surface area (Å²) in [6.07, 6.45) is 3.42. The van der Waals surface area contributed by atoms with Gasteiger partial charge in [0.25, 0.3) is 5.91 Å². The van der Waals surface area contributed by atoms with Crippen molar-refractivity contribution < 1.29 is 18.7 Å². The van der Waals surface area contributed by atoms with Gasteiger partial charge in [0.15, 0.2) is 6.61 Å². The summed E-state index contributed by atoms with van der Waals surface area (Å²) in [6, 6.07) is 15.4. The monoisotopic (exact) mass is 491 g/mol. The summed E-state index contributed by atoms with van der Waals surface area (Å²) in [5, 5.41) is 16.1. The van der Waals surface area contributed by atoms with Crippen LogP contribution in [0, 0.1) is 23.1 Å². The Morgan fingerprint density at radius 1 is 1.20 bits per heavy atom. The Kier molecular flexibility index (Phi) is 7.78. The fourth-order valence-electron chi connectivity index (χ4n) is 4.14. The molecule has 1 aliphatic carbocycles. The number of fused-ring (bicyclic) bond motifs is 1. The molecule has 1 atom stereocenters. The number of rotatable bonds is 8. The largest absolute Gasteiger partial charge is 0.452 e. The Balaban J connectivity index is 1.33. The minimum absolute atomic E-state index is 0.282. The van der Waals surface area contributed by atoms with Crippen LogP contribution in [-0.4, -0.2) is 25.0 Å². The maximum atomic E-state index is 13.1. The highest BCUT2D eigenvalue weighted by atomic mass is 32.1. The second kappa shape index (κ2) is 11.2. The van der Waals surface area contributed by atoms with Crippen molar-refractivity contribution >= 4 is 33.9 Å². The van der Waals surface area contributed by atoms with E-state index in [9.17, 15) is 19.2 Å². The molecule has 0 unspecified atom stereocenters. The molecule has 1 heterocycles. The number of hydrogen-bond acceptors (Lipinski definition) is 6. The minimum Gasteiger partial charge on any atom is -0.452 e. The number of esters is 1. The van der Waals surface area contributed by atoms with Gasteiger partial charge in [-0.1, -0.05) is 31.2 Å². The van der Waals surface area contributed by atoms with Gasteiger partial charge in [-0.15, -0.1) is 11.3 Å². The maximum absolute atomic E-state index is 13.1. The molecule has 2 N–H and O–H groups in total. The number of nitrogens with zero attached hydrogens (tertiary/aromatic N) is 1. The summed E-state index contributed by atoms with van der Waals surface area (Å²) in [4.78, 5) is 26.3. The first-order chi connectivity index (χ1) is 16.9. The molecule has 1 amide bonds. The summed E-state index contributed by atoms with van der Waals surface area (Å²) in [6.45, 7) is 2.27. The van der Waals surface area contributed by atoms with Gasteiger partial charge in [-0.25, -0.2) is 9.18 Å². The number of thiophene rings is 1. The quantitative estimate of drug-likeness (QED) is 0.416. The molecule has 0 fully saturated rings. The van der Waals surface area contributed by atoms with E-state index in [1.54, 1.807) is 36.4 Å². The first-order valence-corrected chi connectivity index (χ1v) is 12.3.